The van der Waals surface area contributed by atoms with Crippen LogP contribution in [0.5, 0.6) is 0 Å². The Morgan fingerprint density at radius 2 is 1.85 bits per heavy atom. The lowest BCUT2D eigenvalue weighted by molar-refractivity contribution is -0.123. The number of rotatable bonds is 8. The van der Waals surface area contributed by atoms with E-state index in [2.05, 4.69) is 15.7 Å². The van der Waals surface area contributed by atoms with Crippen molar-refractivity contribution in [3.05, 3.63) is 45.1 Å². The molecule has 1 aliphatic rings. The van der Waals surface area contributed by atoms with Gasteiger partial charge in [-0.3, -0.25) is 19.0 Å². The smallest absolute Gasteiger partial charge is 0.352 e. The standard InChI is InChI=1S/C24H32N6O4/c1-3-16(2)25-21(32)15-29-24(34)30-19-12-8-7-11-18(19)22(33)28(23(30)27-29)14-13-20(31)26-17-9-5-4-6-10-17/h7-8,11-12,16-17H,3-6,9-10,13-15H2,1-2H3,(H,25,32)(H,26,31). The zero-order valence-corrected chi connectivity index (χ0v) is 19.7. The van der Waals surface area contributed by atoms with E-state index in [1.165, 1.54) is 15.4 Å². The number of aryl methyl sites for hydroxylation is 1. The first-order chi connectivity index (χ1) is 16.4. The van der Waals surface area contributed by atoms with E-state index in [4.69, 9.17) is 0 Å². The molecule has 1 unspecified atom stereocenters. The van der Waals surface area contributed by atoms with Gasteiger partial charge in [0.25, 0.3) is 5.56 Å². The van der Waals surface area contributed by atoms with E-state index in [9.17, 15) is 19.2 Å². The van der Waals surface area contributed by atoms with Crippen LogP contribution in [-0.2, 0) is 22.7 Å². The zero-order valence-electron chi connectivity index (χ0n) is 19.7. The number of benzene rings is 1. The number of hydrogen-bond acceptors (Lipinski definition) is 5. The first-order valence-corrected chi connectivity index (χ1v) is 12.1. The summed E-state index contributed by atoms with van der Waals surface area (Å²) in [5, 5.41) is 10.6. The van der Waals surface area contributed by atoms with Crippen LogP contribution in [0.25, 0.3) is 16.7 Å². The molecule has 34 heavy (non-hydrogen) atoms. The summed E-state index contributed by atoms with van der Waals surface area (Å²) in [4.78, 5) is 51.4. The molecule has 0 aliphatic heterocycles. The van der Waals surface area contributed by atoms with Gasteiger partial charge < -0.3 is 10.6 Å². The van der Waals surface area contributed by atoms with Crippen molar-refractivity contribution in [3.63, 3.8) is 0 Å². The van der Waals surface area contributed by atoms with E-state index in [1.807, 2.05) is 13.8 Å². The highest BCUT2D eigenvalue weighted by Crippen LogP contribution is 2.17. The quantitative estimate of drug-likeness (QED) is 0.520. The molecule has 0 saturated heterocycles. The van der Waals surface area contributed by atoms with Gasteiger partial charge in [-0.15, -0.1) is 5.10 Å². The normalized spacial score (nSPS) is 15.5. The van der Waals surface area contributed by atoms with Crippen LogP contribution >= 0.6 is 0 Å². The molecule has 1 aliphatic carbocycles. The molecule has 182 valence electrons. The number of carbonyl (C=O) groups is 2. The fraction of sp³-hybridized carbons (Fsp3) is 0.542. The maximum Gasteiger partial charge on any atom is 0.352 e. The molecule has 10 nitrogen and oxygen atoms in total. The highest BCUT2D eigenvalue weighted by atomic mass is 16.2. The Bertz CT molecular complexity index is 1310. The number of nitrogens with zero attached hydrogens (tertiary/aromatic N) is 4. The fourth-order valence-corrected chi connectivity index (χ4v) is 4.49. The molecule has 0 bridgehead atoms. The zero-order chi connectivity index (χ0) is 24.2. The lowest BCUT2D eigenvalue weighted by Crippen LogP contribution is -2.37. The Balaban J connectivity index is 1.67. The molecule has 0 spiro atoms. The maximum absolute atomic E-state index is 13.3. The molecule has 3 aromatic rings. The molecule has 10 heteroatoms. The van der Waals surface area contributed by atoms with Gasteiger partial charge >= 0.3 is 5.69 Å². The van der Waals surface area contributed by atoms with Crippen molar-refractivity contribution in [2.24, 2.45) is 0 Å². The molecule has 0 radical (unpaired) electrons. The van der Waals surface area contributed by atoms with E-state index >= 15 is 0 Å². The van der Waals surface area contributed by atoms with Crippen LogP contribution in [0.1, 0.15) is 58.8 Å². The van der Waals surface area contributed by atoms with Gasteiger partial charge in [0.05, 0.1) is 10.9 Å². The molecule has 4 rings (SSSR count). The van der Waals surface area contributed by atoms with E-state index in [1.54, 1.807) is 24.3 Å². The molecule has 1 fully saturated rings. The molecule has 1 saturated carbocycles. The second kappa shape index (κ2) is 10.2. The van der Waals surface area contributed by atoms with Crippen molar-refractivity contribution in [1.29, 1.82) is 0 Å². The van der Waals surface area contributed by atoms with Crippen LogP contribution in [0.3, 0.4) is 0 Å². The third-order valence-electron chi connectivity index (χ3n) is 6.53. The predicted octanol–water partition coefficient (Wildman–Crippen LogP) is 1.56. The number of fused-ring (bicyclic) bond motifs is 3. The van der Waals surface area contributed by atoms with E-state index in [0.717, 1.165) is 36.8 Å². The molecule has 1 aromatic carbocycles. The van der Waals surface area contributed by atoms with Crippen LogP contribution in [-0.4, -0.2) is 42.6 Å². The average molecular weight is 469 g/mol. The lowest BCUT2D eigenvalue weighted by atomic mass is 9.95. The SMILES string of the molecule is CCC(C)NC(=O)Cn1nc2n(CCC(=O)NC3CCCCC3)c(=O)c3ccccc3n2c1=O. The van der Waals surface area contributed by atoms with Crippen LogP contribution in [0.2, 0.25) is 0 Å². The van der Waals surface area contributed by atoms with Crippen molar-refractivity contribution in [3.8, 4) is 0 Å². The van der Waals surface area contributed by atoms with Gasteiger partial charge in [-0.1, -0.05) is 38.3 Å². The first-order valence-electron chi connectivity index (χ1n) is 12.1. The van der Waals surface area contributed by atoms with Crippen molar-refractivity contribution in [1.82, 2.24) is 29.4 Å². The van der Waals surface area contributed by atoms with Gasteiger partial charge in [0.1, 0.15) is 6.54 Å². The Hall–Kier alpha value is -3.43. The summed E-state index contributed by atoms with van der Waals surface area (Å²) in [5.74, 6) is -0.333. The Morgan fingerprint density at radius 1 is 1.12 bits per heavy atom. The van der Waals surface area contributed by atoms with Crippen LogP contribution in [0.4, 0.5) is 0 Å². The predicted molar refractivity (Wildman–Crippen MR) is 129 cm³/mol. The highest BCUT2D eigenvalue weighted by Gasteiger charge is 2.20. The van der Waals surface area contributed by atoms with Gasteiger partial charge in [0, 0.05) is 25.0 Å². The minimum Gasteiger partial charge on any atom is -0.353 e. The Labute approximate surface area is 196 Å². The second-order valence-corrected chi connectivity index (χ2v) is 9.08. The summed E-state index contributed by atoms with van der Waals surface area (Å²) in [6, 6.07) is 6.95. The number of para-hydroxylation sites is 1. The number of hydrogen-bond donors (Lipinski definition) is 2. The molecule has 2 heterocycles. The Kier molecular flexibility index (Phi) is 7.14. The van der Waals surface area contributed by atoms with Crippen molar-refractivity contribution < 1.29 is 9.59 Å². The number of carbonyl (C=O) groups excluding carboxylic acids is 2. The van der Waals surface area contributed by atoms with E-state index in [0.29, 0.717) is 10.9 Å². The third kappa shape index (κ3) is 4.90. The summed E-state index contributed by atoms with van der Waals surface area (Å²) in [6.45, 7) is 3.67. The van der Waals surface area contributed by atoms with Crippen molar-refractivity contribution in [2.45, 2.75) is 84.0 Å². The minimum absolute atomic E-state index is 0.0260. The number of aromatic nitrogens is 4. The van der Waals surface area contributed by atoms with Crippen LogP contribution in [0, 0.1) is 0 Å². The molecular formula is C24H32N6O4. The lowest BCUT2D eigenvalue weighted by Gasteiger charge is -2.22. The van der Waals surface area contributed by atoms with Crippen molar-refractivity contribution in [2.75, 3.05) is 0 Å². The van der Waals surface area contributed by atoms with Gasteiger partial charge in [0.2, 0.25) is 17.6 Å². The monoisotopic (exact) mass is 468 g/mol. The second-order valence-electron chi connectivity index (χ2n) is 9.08. The highest BCUT2D eigenvalue weighted by molar-refractivity contribution is 5.80. The first kappa shape index (κ1) is 23.7. The number of nitrogens with one attached hydrogen (secondary N) is 2. The summed E-state index contributed by atoms with van der Waals surface area (Å²) in [5.41, 5.74) is -0.412. The molecule has 2 amide bonds. The number of amides is 2. The summed E-state index contributed by atoms with van der Waals surface area (Å²) in [7, 11) is 0. The summed E-state index contributed by atoms with van der Waals surface area (Å²) < 4.78 is 3.76. The Morgan fingerprint density at radius 3 is 2.59 bits per heavy atom. The van der Waals surface area contributed by atoms with Crippen LogP contribution < -0.4 is 21.9 Å². The fourth-order valence-electron chi connectivity index (χ4n) is 4.49. The van der Waals surface area contributed by atoms with Gasteiger partial charge in [0.15, 0.2) is 0 Å². The topological polar surface area (TPSA) is 120 Å². The molecular weight excluding hydrogens is 436 g/mol. The van der Waals surface area contributed by atoms with Gasteiger partial charge in [-0.2, -0.15) is 0 Å². The average Bonchev–Trinajstić information content (AvgIpc) is 3.15. The van der Waals surface area contributed by atoms with Crippen molar-refractivity contribution >= 4 is 28.5 Å². The molecule has 2 N–H and O–H groups in total. The van der Waals surface area contributed by atoms with E-state index in [-0.39, 0.29) is 54.7 Å². The minimum atomic E-state index is -0.508. The van der Waals surface area contributed by atoms with Gasteiger partial charge in [-0.05, 0) is 38.3 Å². The van der Waals surface area contributed by atoms with Gasteiger partial charge in [-0.25, -0.2) is 13.9 Å². The van der Waals surface area contributed by atoms with E-state index < -0.39 is 5.69 Å². The maximum atomic E-state index is 13.3. The molecule has 2 aromatic heterocycles. The largest absolute Gasteiger partial charge is 0.353 e. The molecule has 1 atom stereocenters. The third-order valence-corrected chi connectivity index (χ3v) is 6.53. The van der Waals surface area contributed by atoms with Crippen LogP contribution in [0.15, 0.2) is 33.9 Å². The summed E-state index contributed by atoms with van der Waals surface area (Å²) >= 11 is 0. The summed E-state index contributed by atoms with van der Waals surface area (Å²) in [6.07, 6.45) is 6.23.